The van der Waals surface area contributed by atoms with Crippen molar-refractivity contribution in [1.82, 2.24) is 10.2 Å². The summed E-state index contributed by atoms with van der Waals surface area (Å²) in [5, 5.41) is 3.23. The molecule has 1 aliphatic heterocycles. The van der Waals surface area contributed by atoms with Crippen molar-refractivity contribution in [3.05, 3.63) is 0 Å². The number of amides is 1. The highest BCUT2D eigenvalue weighted by molar-refractivity contribution is 7.91. The Hall–Kier alpha value is -0.620. The van der Waals surface area contributed by atoms with Crippen LogP contribution in [0.1, 0.15) is 33.6 Å². The number of rotatable bonds is 6. The van der Waals surface area contributed by atoms with Gasteiger partial charge >= 0.3 is 0 Å². The van der Waals surface area contributed by atoms with Crippen molar-refractivity contribution in [2.45, 2.75) is 45.8 Å². The van der Waals surface area contributed by atoms with E-state index in [0.717, 1.165) is 12.8 Å². The molecular weight excluding hydrogens is 240 g/mol. The maximum Gasteiger partial charge on any atom is 0.241 e. The highest BCUT2D eigenvalue weighted by atomic mass is 32.2. The molecule has 1 saturated heterocycles. The lowest BCUT2D eigenvalue weighted by Crippen LogP contribution is -2.39. The molecule has 17 heavy (non-hydrogen) atoms. The molecular formula is C11H22N2O3S. The molecule has 1 amide bonds. The van der Waals surface area contributed by atoms with Gasteiger partial charge in [-0.2, -0.15) is 0 Å². The number of carbonyl (C=O) groups excluding carboxylic acids is 1. The van der Waals surface area contributed by atoms with Crippen molar-refractivity contribution in [3.63, 3.8) is 0 Å². The minimum absolute atomic E-state index is 0.0143. The van der Waals surface area contributed by atoms with Crippen LogP contribution in [-0.2, 0) is 14.6 Å². The van der Waals surface area contributed by atoms with E-state index in [-0.39, 0.29) is 29.6 Å². The van der Waals surface area contributed by atoms with E-state index >= 15 is 0 Å². The van der Waals surface area contributed by atoms with Gasteiger partial charge in [0.25, 0.3) is 0 Å². The Kier molecular flexibility index (Phi) is 4.94. The standard InChI is InChI=1S/C11H22N2O3S/c1-4-9-11(14)13(10(5-2)12-9)7-8-17(15,16)6-3/h9-10,12H,4-8H2,1-3H3. The van der Waals surface area contributed by atoms with Crippen LogP contribution in [0.5, 0.6) is 0 Å². The third-order valence-electron chi connectivity index (χ3n) is 3.23. The second-order valence-corrected chi connectivity index (χ2v) is 6.79. The molecule has 2 atom stereocenters. The average Bonchev–Trinajstić information content (AvgIpc) is 2.63. The quantitative estimate of drug-likeness (QED) is 0.751. The van der Waals surface area contributed by atoms with Gasteiger partial charge in [-0.1, -0.05) is 20.8 Å². The fourth-order valence-electron chi connectivity index (χ4n) is 2.03. The summed E-state index contributed by atoms with van der Waals surface area (Å²) in [6.07, 6.45) is 1.53. The van der Waals surface area contributed by atoms with Crippen molar-refractivity contribution in [2.24, 2.45) is 0 Å². The normalized spacial score (nSPS) is 25.6. The molecule has 0 bridgehead atoms. The first-order chi connectivity index (χ1) is 7.95. The first kappa shape index (κ1) is 14.4. The highest BCUT2D eigenvalue weighted by Gasteiger charge is 2.36. The Bertz CT molecular complexity index is 367. The summed E-state index contributed by atoms with van der Waals surface area (Å²) >= 11 is 0. The monoisotopic (exact) mass is 262 g/mol. The second kappa shape index (κ2) is 5.82. The molecule has 0 spiro atoms. The minimum atomic E-state index is -3.01. The fraction of sp³-hybridized carbons (Fsp3) is 0.909. The van der Waals surface area contributed by atoms with Crippen LogP contribution in [0.3, 0.4) is 0 Å². The van der Waals surface area contributed by atoms with Crippen molar-refractivity contribution < 1.29 is 13.2 Å². The van der Waals surface area contributed by atoms with Crippen LogP contribution in [0.4, 0.5) is 0 Å². The lowest BCUT2D eigenvalue weighted by molar-refractivity contribution is -0.129. The third kappa shape index (κ3) is 3.42. The van der Waals surface area contributed by atoms with Gasteiger partial charge in [0, 0.05) is 12.3 Å². The maximum atomic E-state index is 12.0. The SMILES string of the molecule is CCC1NC(CC)N(CCS(=O)(=O)CC)C1=O. The van der Waals surface area contributed by atoms with E-state index in [2.05, 4.69) is 5.32 Å². The molecule has 2 unspecified atom stereocenters. The van der Waals surface area contributed by atoms with Gasteiger partial charge in [-0.15, -0.1) is 0 Å². The van der Waals surface area contributed by atoms with Gasteiger partial charge < -0.3 is 4.90 Å². The molecule has 6 heteroatoms. The van der Waals surface area contributed by atoms with Gasteiger partial charge in [-0.3, -0.25) is 10.1 Å². The Morgan fingerprint density at radius 2 is 1.88 bits per heavy atom. The number of hydrogen-bond donors (Lipinski definition) is 1. The summed E-state index contributed by atoms with van der Waals surface area (Å²) in [5.41, 5.74) is 0. The van der Waals surface area contributed by atoms with E-state index in [0.29, 0.717) is 6.54 Å². The topological polar surface area (TPSA) is 66.5 Å². The van der Waals surface area contributed by atoms with Crippen molar-refractivity contribution in [1.29, 1.82) is 0 Å². The van der Waals surface area contributed by atoms with Gasteiger partial charge in [0.15, 0.2) is 9.84 Å². The van der Waals surface area contributed by atoms with Gasteiger partial charge in [-0.25, -0.2) is 8.42 Å². The number of sulfone groups is 1. The Labute approximate surface area is 103 Å². The third-order valence-corrected chi connectivity index (χ3v) is 4.91. The smallest absolute Gasteiger partial charge is 0.241 e. The molecule has 5 nitrogen and oxygen atoms in total. The zero-order chi connectivity index (χ0) is 13.1. The zero-order valence-corrected chi connectivity index (χ0v) is 11.6. The van der Waals surface area contributed by atoms with Gasteiger partial charge in [0.1, 0.15) is 0 Å². The van der Waals surface area contributed by atoms with E-state index in [1.54, 1.807) is 11.8 Å². The van der Waals surface area contributed by atoms with Gasteiger partial charge in [0.05, 0.1) is 18.0 Å². The van der Waals surface area contributed by atoms with E-state index in [4.69, 9.17) is 0 Å². The lowest BCUT2D eigenvalue weighted by Gasteiger charge is -2.22. The summed E-state index contributed by atoms with van der Waals surface area (Å²) in [6.45, 7) is 5.88. The molecule has 1 N–H and O–H groups in total. The average molecular weight is 262 g/mol. The van der Waals surface area contributed by atoms with Crippen molar-refractivity contribution in [3.8, 4) is 0 Å². The maximum absolute atomic E-state index is 12.0. The number of nitrogens with zero attached hydrogens (tertiary/aromatic N) is 1. The van der Waals surface area contributed by atoms with E-state index in [1.165, 1.54) is 0 Å². The summed E-state index contributed by atoms with van der Waals surface area (Å²) in [7, 11) is -3.01. The van der Waals surface area contributed by atoms with Crippen LogP contribution in [0, 0.1) is 0 Å². The number of nitrogens with one attached hydrogen (secondary N) is 1. The van der Waals surface area contributed by atoms with E-state index < -0.39 is 9.84 Å². The summed E-state index contributed by atoms with van der Waals surface area (Å²) in [4.78, 5) is 13.6. The lowest BCUT2D eigenvalue weighted by atomic mass is 10.2. The van der Waals surface area contributed by atoms with E-state index in [1.807, 2.05) is 13.8 Å². The molecule has 1 aliphatic rings. The fourth-order valence-corrected chi connectivity index (χ4v) is 2.79. The number of carbonyl (C=O) groups is 1. The Morgan fingerprint density at radius 1 is 1.24 bits per heavy atom. The second-order valence-electron chi connectivity index (χ2n) is 4.32. The van der Waals surface area contributed by atoms with Crippen LogP contribution in [-0.4, -0.2) is 49.5 Å². The Morgan fingerprint density at radius 3 is 2.35 bits per heavy atom. The first-order valence-electron chi connectivity index (χ1n) is 6.22. The Balaban J connectivity index is 2.65. The molecule has 0 radical (unpaired) electrons. The molecule has 1 fully saturated rings. The minimum Gasteiger partial charge on any atom is -0.325 e. The zero-order valence-electron chi connectivity index (χ0n) is 10.8. The molecule has 0 aromatic rings. The largest absolute Gasteiger partial charge is 0.325 e. The van der Waals surface area contributed by atoms with Crippen molar-refractivity contribution in [2.75, 3.05) is 18.1 Å². The molecule has 0 aliphatic carbocycles. The summed E-state index contributed by atoms with van der Waals surface area (Å²) < 4.78 is 22.9. The van der Waals surface area contributed by atoms with Crippen LogP contribution >= 0.6 is 0 Å². The van der Waals surface area contributed by atoms with Crippen LogP contribution in [0.25, 0.3) is 0 Å². The molecule has 100 valence electrons. The molecule has 0 saturated carbocycles. The van der Waals surface area contributed by atoms with Gasteiger partial charge in [-0.05, 0) is 12.8 Å². The molecule has 0 aromatic carbocycles. The van der Waals surface area contributed by atoms with E-state index in [9.17, 15) is 13.2 Å². The van der Waals surface area contributed by atoms with Crippen LogP contribution in [0.15, 0.2) is 0 Å². The van der Waals surface area contributed by atoms with Crippen LogP contribution in [0.2, 0.25) is 0 Å². The molecule has 1 heterocycles. The predicted molar refractivity (Wildman–Crippen MR) is 67.3 cm³/mol. The summed E-state index contributed by atoms with van der Waals surface area (Å²) in [6, 6.07) is -0.149. The highest BCUT2D eigenvalue weighted by Crippen LogP contribution is 2.15. The van der Waals surface area contributed by atoms with Crippen LogP contribution < -0.4 is 5.32 Å². The predicted octanol–water partition coefficient (Wildman–Crippen LogP) is 0.368. The van der Waals surface area contributed by atoms with Gasteiger partial charge in [0.2, 0.25) is 5.91 Å². The van der Waals surface area contributed by atoms with Crippen molar-refractivity contribution >= 4 is 15.7 Å². The first-order valence-corrected chi connectivity index (χ1v) is 8.04. The summed E-state index contributed by atoms with van der Waals surface area (Å²) in [5.74, 6) is 0.228. The number of hydrogen-bond acceptors (Lipinski definition) is 4. The molecule has 1 rings (SSSR count). The molecule has 0 aromatic heterocycles.